The molecule has 0 atom stereocenters. The zero-order chi connectivity index (χ0) is 17.6. The minimum Gasteiger partial charge on any atom is -0.378 e. The molecule has 3 rings (SSSR count). The van der Waals surface area contributed by atoms with E-state index in [4.69, 9.17) is 4.74 Å². The van der Waals surface area contributed by atoms with E-state index in [1.54, 1.807) is 29.2 Å². The molecule has 25 heavy (non-hydrogen) atoms. The summed E-state index contributed by atoms with van der Waals surface area (Å²) in [4.78, 5) is 26.6. The van der Waals surface area contributed by atoms with Gasteiger partial charge in [0.1, 0.15) is 0 Å². The number of morpholine rings is 1. The van der Waals surface area contributed by atoms with Gasteiger partial charge in [0, 0.05) is 24.3 Å². The second-order valence-corrected chi connectivity index (χ2v) is 6.14. The largest absolute Gasteiger partial charge is 0.378 e. The Morgan fingerprint density at radius 3 is 2.60 bits per heavy atom. The molecule has 0 radical (unpaired) electrons. The number of aryl methyl sites for hydroxylation is 1. The number of carbonyl (C=O) groups is 2. The van der Waals surface area contributed by atoms with Crippen molar-refractivity contribution < 1.29 is 14.3 Å². The molecule has 1 aliphatic rings. The van der Waals surface area contributed by atoms with Gasteiger partial charge in [-0.25, -0.2) is 0 Å². The molecule has 1 fully saturated rings. The molecule has 2 aromatic carbocycles. The number of hydrogen-bond acceptors (Lipinski definition) is 3. The van der Waals surface area contributed by atoms with Crippen LogP contribution < -0.4 is 5.32 Å². The average Bonchev–Trinajstić information content (AvgIpc) is 2.64. The van der Waals surface area contributed by atoms with Gasteiger partial charge in [0.15, 0.2) is 0 Å². The van der Waals surface area contributed by atoms with Crippen molar-refractivity contribution in [2.75, 3.05) is 31.6 Å². The van der Waals surface area contributed by atoms with Crippen LogP contribution in [0.25, 0.3) is 0 Å². The molecule has 5 heteroatoms. The summed E-state index contributed by atoms with van der Waals surface area (Å²) in [5, 5.41) is 2.88. The lowest BCUT2D eigenvalue weighted by molar-refractivity contribution is -0.115. The van der Waals surface area contributed by atoms with E-state index in [0.29, 0.717) is 44.0 Å². The van der Waals surface area contributed by atoms with E-state index in [2.05, 4.69) is 5.32 Å². The Kier molecular flexibility index (Phi) is 5.46. The van der Waals surface area contributed by atoms with Gasteiger partial charge in [-0.3, -0.25) is 9.59 Å². The van der Waals surface area contributed by atoms with Crippen LogP contribution in [-0.4, -0.2) is 43.0 Å². The molecule has 5 nitrogen and oxygen atoms in total. The van der Waals surface area contributed by atoms with Gasteiger partial charge in [-0.1, -0.05) is 30.3 Å². The van der Waals surface area contributed by atoms with Crippen molar-refractivity contribution >= 4 is 17.5 Å². The van der Waals surface area contributed by atoms with E-state index >= 15 is 0 Å². The van der Waals surface area contributed by atoms with E-state index in [0.717, 1.165) is 11.1 Å². The quantitative estimate of drug-likeness (QED) is 0.932. The van der Waals surface area contributed by atoms with Crippen molar-refractivity contribution in [2.45, 2.75) is 13.3 Å². The lowest BCUT2D eigenvalue weighted by atomic mass is 10.1. The fraction of sp³-hybridized carbons (Fsp3) is 0.300. The molecule has 1 saturated heterocycles. The molecular weight excluding hydrogens is 316 g/mol. The molecule has 0 spiro atoms. The zero-order valence-corrected chi connectivity index (χ0v) is 14.3. The fourth-order valence-corrected chi connectivity index (χ4v) is 2.87. The molecule has 1 aliphatic heterocycles. The maximum absolute atomic E-state index is 12.5. The van der Waals surface area contributed by atoms with Crippen LogP contribution in [0.5, 0.6) is 0 Å². The number of ether oxygens (including phenoxy) is 1. The summed E-state index contributed by atoms with van der Waals surface area (Å²) in [7, 11) is 0. The van der Waals surface area contributed by atoms with Crippen LogP contribution in [0.2, 0.25) is 0 Å². The van der Waals surface area contributed by atoms with E-state index in [1.165, 1.54) is 0 Å². The summed E-state index contributed by atoms with van der Waals surface area (Å²) in [6.45, 7) is 4.33. The number of nitrogens with zero attached hydrogens (tertiary/aromatic N) is 1. The summed E-state index contributed by atoms with van der Waals surface area (Å²) >= 11 is 0. The number of nitrogens with one attached hydrogen (secondary N) is 1. The third kappa shape index (κ3) is 4.45. The van der Waals surface area contributed by atoms with Gasteiger partial charge >= 0.3 is 0 Å². The third-order valence-electron chi connectivity index (χ3n) is 4.30. The second kappa shape index (κ2) is 7.94. The van der Waals surface area contributed by atoms with Gasteiger partial charge in [0.2, 0.25) is 5.91 Å². The number of anilines is 1. The summed E-state index contributed by atoms with van der Waals surface area (Å²) in [5.74, 6) is -0.122. The maximum Gasteiger partial charge on any atom is 0.254 e. The predicted molar refractivity (Wildman–Crippen MR) is 96.7 cm³/mol. The van der Waals surface area contributed by atoms with Gasteiger partial charge in [-0.2, -0.15) is 0 Å². The Balaban J connectivity index is 1.66. The lowest BCUT2D eigenvalue weighted by Gasteiger charge is -2.27. The smallest absolute Gasteiger partial charge is 0.254 e. The minimum absolute atomic E-state index is 0.0293. The third-order valence-corrected chi connectivity index (χ3v) is 4.30. The van der Waals surface area contributed by atoms with Crippen LogP contribution in [0.15, 0.2) is 48.5 Å². The summed E-state index contributed by atoms with van der Waals surface area (Å²) < 4.78 is 5.28. The monoisotopic (exact) mass is 338 g/mol. The van der Waals surface area contributed by atoms with Gasteiger partial charge in [0.25, 0.3) is 5.91 Å². The summed E-state index contributed by atoms with van der Waals surface area (Å²) in [6, 6.07) is 14.9. The number of rotatable bonds is 4. The SMILES string of the molecule is Cc1ccccc1CC(=O)Nc1cccc(C(=O)N2CCOCC2)c1. The first-order valence-corrected chi connectivity index (χ1v) is 8.45. The van der Waals surface area contributed by atoms with Crippen LogP contribution >= 0.6 is 0 Å². The summed E-state index contributed by atoms with van der Waals surface area (Å²) in [6.07, 6.45) is 0.314. The topological polar surface area (TPSA) is 58.6 Å². The molecule has 0 saturated carbocycles. The molecule has 0 aromatic heterocycles. The van der Waals surface area contributed by atoms with Crippen molar-refractivity contribution in [3.63, 3.8) is 0 Å². The van der Waals surface area contributed by atoms with Crippen molar-refractivity contribution in [3.8, 4) is 0 Å². The van der Waals surface area contributed by atoms with Crippen molar-refractivity contribution in [2.24, 2.45) is 0 Å². The average molecular weight is 338 g/mol. The van der Waals surface area contributed by atoms with Crippen LogP contribution in [-0.2, 0) is 16.0 Å². The highest BCUT2D eigenvalue weighted by atomic mass is 16.5. The molecule has 2 amide bonds. The number of amides is 2. The van der Waals surface area contributed by atoms with Crippen LogP contribution in [0, 0.1) is 6.92 Å². The minimum atomic E-state index is -0.0923. The Labute approximate surface area is 147 Å². The zero-order valence-electron chi connectivity index (χ0n) is 14.3. The molecule has 2 aromatic rings. The first-order valence-electron chi connectivity index (χ1n) is 8.45. The molecule has 0 bridgehead atoms. The lowest BCUT2D eigenvalue weighted by Crippen LogP contribution is -2.40. The van der Waals surface area contributed by atoms with E-state index in [1.807, 2.05) is 31.2 Å². The number of benzene rings is 2. The van der Waals surface area contributed by atoms with E-state index < -0.39 is 0 Å². The normalized spacial score (nSPS) is 14.2. The molecule has 130 valence electrons. The Morgan fingerprint density at radius 1 is 1.08 bits per heavy atom. The highest BCUT2D eigenvalue weighted by Crippen LogP contribution is 2.15. The van der Waals surface area contributed by atoms with Crippen LogP contribution in [0.3, 0.4) is 0 Å². The van der Waals surface area contributed by atoms with Gasteiger partial charge in [-0.15, -0.1) is 0 Å². The van der Waals surface area contributed by atoms with Crippen LogP contribution in [0.4, 0.5) is 5.69 Å². The fourth-order valence-electron chi connectivity index (χ4n) is 2.87. The van der Waals surface area contributed by atoms with E-state index in [9.17, 15) is 9.59 Å². The standard InChI is InChI=1S/C20H22N2O3/c1-15-5-2-3-6-16(15)14-19(23)21-18-8-4-7-17(13-18)20(24)22-9-11-25-12-10-22/h2-8,13H,9-12,14H2,1H3,(H,21,23). The molecule has 0 unspecified atom stereocenters. The van der Waals surface area contributed by atoms with Gasteiger partial charge in [-0.05, 0) is 36.2 Å². The van der Waals surface area contributed by atoms with Gasteiger partial charge < -0.3 is 15.0 Å². The Bertz CT molecular complexity index is 767. The predicted octanol–water partition coefficient (Wildman–Crippen LogP) is 2.65. The first kappa shape index (κ1) is 17.2. The van der Waals surface area contributed by atoms with Crippen LogP contribution in [0.1, 0.15) is 21.5 Å². The second-order valence-electron chi connectivity index (χ2n) is 6.14. The van der Waals surface area contributed by atoms with E-state index in [-0.39, 0.29) is 11.8 Å². The van der Waals surface area contributed by atoms with Crippen molar-refractivity contribution in [1.82, 2.24) is 4.90 Å². The number of hydrogen-bond donors (Lipinski definition) is 1. The van der Waals surface area contributed by atoms with Crippen molar-refractivity contribution in [1.29, 1.82) is 0 Å². The van der Waals surface area contributed by atoms with Gasteiger partial charge in [0.05, 0.1) is 19.6 Å². The molecule has 0 aliphatic carbocycles. The Hall–Kier alpha value is -2.66. The highest BCUT2D eigenvalue weighted by Gasteiger charge is 2.18. The Morgan fingerprint density at radius 2 is 1.84 bits per heavy atom. The molecule has 1 N–H and O–H groups in total. The first-order chi connectivity index (χ1) is 12.1. The summed E-state index contributed by atoms with van der Waals surface area (Å²) in [5.41, 5.74) is 3.31. The maximum atomic E-state index is 12.5. The molecular formula is C20H22N2O3. The molecule has 1 heterocycles. The van der Waals surface area contributed by atoms with Crippen molar-refractivity contribution in [3.05, 3.63) is 65.2 Å². The number of carbonyl (C=O) groups excluding carboxylic acids is 2. The highest BCUT2D eigenvalue weighted by molar-refractivity contribution is 5.97.